The summed E-state index contributed by atoms with van der Waals surface area (Å²) in [5.74, 6) is 0. The van der Waals surface area contributed by atoms with Crippen LogP contribution in [0.15, 0.2) is 12.4 Å². The van der Waals surface area contributed by atoms with Crippen molar-refractivity contribution in [3.05, 3.63) is 18.0 Å². The average molecular weight is 221 g/mol. The highest BCUT2D eigenvalue weighted by Crippen LogP contribution is 1.92. The van der Waals surface area contributed by atoms with Gasteiger partial charge in [0, 0.05) is 16.0 Å². The van der Waals surface area contributed by atoms with Gasteiger partial charge in [0.15, 0.2) is 13.2 Å². The van der Waals surface area contributed by atoms with Crippen LogP contribution in [0.4, 0.5) is 0 Å². The smallest absolute Gasteiger partial charge is 0.198 e. The monoisotopic (exact) mass is 221 g/mol. The first-order valence-electron chi connectivity index (χ1n) is 3.92. The van der Waals surface area contributed by atoms with Gasteiger partial charge in [-0.05, 0) is 6.42 Å². The van der Waals surface area contributed by atoms with Crippen LogP contribution in [0.5, 0.6) is 0 Å². The molecule has 0 bridgehead atoms. The van der Waals surface area contributed by atoms with Gasteiger partial charge in [-0.2, -0.15) is 4.68 Å². The lowest BCUT2D eigenvalue weighted by Gasteiger charge is -2.06. The van der Waals surface area contributed by atoms with Crippen molar-refractivity contribution >= 4 is 10.4 Å². The molecule has 0 unspecified atom stereocenters. The number of hydrogen-bond donors (Lipinski definition) is 0. The first kappa shape index (κ1) is 13.1. The van der Waals surface area contributed by atoms with Crippen LogP contribution in [0.25, 0.3) is 0 Å². The van der Waals surface area contributed by atoms with E-state index in [9.17, 15) is 0 Å². The summed E-state index contributed by atoms with van der Waals surface area (Å²) in [7, 11) is -1.08. The third-order valence-corrected chi connectivity index (χ3v) is 1.61. The maximum atomic E-state index is 8.52. The Kier molecular flexibility index (Phi) is 4.75. The minimum Gasteiger partial charge on any atom is -0.759 e. The van der Waals surface area contributed by atoms with Crippen LogP contribution in [-0.4, -0.2) is 22.2 Å². The Bertz CT molecular complexity index is 355. The van der Waals surface area contributed by atoms with E-state index < -0.39 is 10.4 Å². The molecule has 0 amide bonds. The molecule has 0 N–H and O–H groups in total. The van der Waals surface area contributed by atoms with Crippen molar-refractivity contribution in [3.63, 3.8) is 0 Å². The summed E-state index contributed by atoms with van der Waals surface area (Å²) in [6, 6.07) is 0. The number of rotatable bonds is 1. The van der Waals surface area contributed by atoms with Crippen LogP contribution >= 0.6 is 0 Å². The molecule has 0 aliphatic carbocycles. The van der Waals surface area contributed by atoms with Crippen LogP contribution in [0.2, 0.25) is 0 Å². The van der Waals surface area contributed by atoms with Gasteiger partial charge in [0.2, 0.25) is 0 Å². The Morgan fingerprint density at radius 3 is 2.07 bits per heavy atom. The highest BCUT2D eigenvalue weighted by atomic mass is 32.3. The van der Waals surface area contributed by atoms with Crippen molar-refractivity contribution in [2.45, 2.75) is 13.3 Å². The zero-order chi connectivity index (χ0) is 11.4. The first-order chi connectivity index (χ1) is 6.24. The first-order valence-corrected chi connectivity index (χ1v) is 5.25. The molecule has 6 nitrogen and oxygen atoms in total. The Morgan fingerprint density at radius 1 is 1.50 bits per heavy atom. The van der Waals surface area contributed by atoms with Gasteiger partial charge in [0.25, 0.3) is 0 Å². The lowest BCUT2D eigenvalue weighted by atomic mass is 10.3. The molecule has 0 fully saturated rings. The molecule has 0 aliphatic heterocycles. The molecule has 82 valence electrons. The van der Waals surface area contributed by atoms with Crippen molar-refractivity contribution < 1.29 is 22.2 Å². The number of nitrogens with zero attached hydrogens (tertiary/aromatic N) is 2. The van der Waals surface area contributed by atoms with E-state index in [2.05, 4.69) is 28.7 Å². The molecule has 0 radical (unpaired) electrons. The van der Waals surface area contributed by atoms with Crippen LogP contribution in [0.1, 0.15) is 12.5 Å². The Morgan fingerprint density at radius 2 is 1.93 bits per heavy atom. The molecular weight excluding hydrogens is 208 g/mol. The Balaban J connectivity index is 0.000000292. The van der Waals surface area contributed by atoms with Crippen molar-refractivity contribution in [3.8, 4) is 0 Å². The molecular formula is C7H13N2O4S-. The van der Waals surface area contributed by atoms with Gasteiger partial charge in [-0.15, -0.1) is 4.68 Å². The molecule has 14 heavy (non-hydrogen) atoms. The van der Waals surface area contributed by atoms with Crippen LogP contribution in [0.3, 0.4) is 0 Å². The summed E-state index contributed by atoms with van der Waals surface area (Å²) in [4.78, 5) is 0. The van der Waals surface area contributed by atoms with E-state index in [1.54, 1.807) is 0 Å². The molecule has 1 aromatic rings. The number of aryl methyl sites for hydroxylation is 3. The molecule has 0 saturated carbocycles. The fraction of sp³-hybridized carbons (Fsp3) is 0.571. The minimum absolute atomic E-state index is 1.12. The van der Waals surface area contributed by atoms with Crippen molar-refractivity contribution in [1.82, 2.24) is 4.68 Å². The lowest BCUT2D eigenvalue weighted by Crippen LogP contribution is -2.35. The highest BCUT2D eigenvalue weighted by molar-refractivity contribution is 7.79. The number of aromatic nitrogens is 2. The lowest BCUT2D eigenvalue weighted by molar-refractivity contribution is -0.751. The summed E-state index contributed by atoms with van der Waals surface area (Å²) < 4.78 is 38.2. The fourth-order valence-corrected chi connectivity index (χ4v) is 0.878. The predicted molar refractivity (Wildman–Crippen MR) is 46.4 cm³/mol. The molecule has 0 spiro atoms. The Hall–Kier alpha value is -0.920. The van der Waals surface area contributed by atoms with E-state index in [0.717, 1.165) is 6.42 Å². The second-order valence-corrected chi connectivity index (χ2v) is 3.56. The second kappa shape index (κ2) is 5.08. The van der Waals surface area contributed by atoms with E-state index in [1.807, 2.05) is 14.1 Å². The molecule has 1 heterocycles. The summed E-state index contributed by atoms with van der Waals surface area (Å²) >= 11 is 0. The third-order valence-electron chi connectivity index (χ3n) is 1.61. The number of hydrogen-bond acceptors (Lipinski definition) is 4. The molecule has 7 heteroatoms. The summed E-state index contributed by atoms with van der Waals surface area (Å²) in [5.41, 5.74) is 1.39. The standard InChI is InChI=1S/C7H13N2.H2O4S/c1-4-7-5-8(2)9(3)6-7;1-5(2,3)4/h5-6H,4H2,1-3H3;(H2,1,2,3,4)/q+1;/p-2. The van der Waals surface area contributed by atoms with Gasteiger partial charge in [-0.1, -0.05) is 6.92 Å². The Labute approximate surface area is 83.3 Å². The topological polar surface area (TPSA) is 89.1 Å². The third kappa shape index (κ3) is 6.58. The van der Waals surface area contributed by atoms with Gasteiger partial charge in [-0.25, -0.2) is 0 Å². The van der Waals surface area contributed by atoms with E-state index in [1.165, 1.54) is 5.56 Å². The average Bonchev–Trinajstić information content (AvgIpc) is 2.28. The van der Waals surface area contributed by atoms with Crippen molar-refractivity contribution in [2.75, 3.05) is 0 Å². The largest absolute Gasteiger partial charge is 0.759 e. The maximum Gasteiger partial charge on any atom is 0.198 e. The molecule has 0 saturated heterocycles. The molecule has 0 aromatic carbocycles. The summed E-state index contributed by atoms with van der Waals surface area (Å²) in [6.07, 6.45) is 5.40. The highest BCUT2D eigenvalue weighted by Gasteiger charge is 2.00. The second-order valence-electron chi connectivity index (χ2n) is 2.74. The molecule has 0 atom stereocenters. The minimum atomic E-state index is -5.17. The molecule has 0 aliphatic rings. The maximum absolute atomic E-state index is 8.52. The van der Waals surface area contributed by atoms with Gasteiger partial charge in [-0.3, -0.25) is 8.42 Å². The van der Waals surface area contributed by atoms with E-state index in [4.69, 9.17) is 17.5 Å². The molecule has 1 aromatic heterocycles. The predicted octanol–water partition coefficient (Wildman–Crippen LogP) is -0.926. The van der Waals surface area contributed by atoms with Crippen LogP contribution in [0, 0.1) is 0 Å². The quantitative estimate of drug-likeness (QED) is 0.348. The zero-order valence-electron chi connectivity index (χ0n) is 8.30. The fourth-order valence-electron chi connectivity index (χ4n) is 0.878. The SMILES string of the molecule is CCc1cn(C)[n+](C)c1.O=S(=O)([O-])[O-]. The van der Waals surface area contributed by atoms with Crippen molar-refractivity contribution in [1.29, 1.82) is 0 Å². The van der Waals surface area contributed by atoms with Gasteiger partial charge < -0.3 is 9.11 Å². The van der Waals surface area contributed by atoms with Gasteiger partial charge in [0.05, 0.1) is 13.2 Å². The summed E-state index contributed by atoms with van der Waals surface area (Å²) in [6.45, 7) is 2.16. The van der Waals surface area contributed by atoms with E-state index >= 15 is 0 Å². The molecule has 1 rings (SSSR count). The normalized spacial score (nSPS) is 10.6. The van der Waals surface area contributed by atoms with Crippen LogP contribution < -0.4 is 4.68 Å². The summed E-state index contributed by atoms with van der Waals surface area (Å²) in [5, 5.41) is 0. The zero-order valence-corrected chi connectivity index (χ0v) is 9.11. The van der Waals surface area contributed by atoms with E-state index in [0.29, 0.717) is 0 Å². The van der Waals surface area contributed by atoms with Crippen molar-refractivity contribution in [2.24, 2.45) is 14.1 Å². The van der Waals surface area contributed by atoms with Gasteiger partial charge >= 0.3 is 0 Å². The van der Waals surface area contributed by atoms with E-state index in [-0.39, 0.29) is 0 Å². The van der Waals surface area contributed by atoms with Gasteiger partial charge in [0.1, 0.15) is 0 Å². The van der Waals surface area contributed by atoms with Crippen LogP contribution in [-0.2, 0) is 30.9 Å².